The van der Waals surface area contributed by atoms with E-state index in [-0.39, 0.29) is 5.41 Å². The molecule has 0 radical (unpaired) electrons. The molecule has 0 unspecified atom stereocenters. The standard InChI is InChI=1S/C30H28N8O2/c1-30(2,3)17-24-31-27-25(28(39)38(29(40)32-27)21-9-5-4-6-10-21)37(24)18-19-13-15-20(16-14-19)22-11-7-8-12-23(22)26-33-35-36-34-26/h4-16H,17-18H2,1-3H3,(H,32,40)(H,33,34,35,36). The first-order chi connectivity index (χ1) is 19.3. The molecule has 0 bridgehead atoms. The summed E-state index contributed by atoms with van der Waals surface area (Å²) < 4.78 is 3.10. The Bertz CT molecular complexity index is 1910. The summed E-state index contributed by atoms with van der Waals surface area (Å²) in [4.78, 5) is 34.3. The third-order valence-electron chi connectivity index (χ3n) is 6.70. The Balaban J connectivity index is 1.44. The zero-order valence-electron chi connectivity index (χ0n) is 22.4. The second kappa shape index (κ2) is 9.88. The van der Waals surface area contributed by atoms with E-state index in [4.69, 9.17) is 4.98 Å². The van der Waals surface area contributed by atoms with Crippen molar-refractivity contribution in [2.75, 3.05) is 0 Å². The minimum absolute atomic E-state index is 0.0827. The van der Waals surface area contributed by atoms with Gasteiger partial charge >= 0.3 is 5.69 Å². The maximum absolute atomic E-state index is 13.8. The van der Waals surface area contributed by atoms with E-state index in [1.165, 1.54) is 4.57 Å². The van der Waals surface area contributed by atoms with Gasteiger partial charge in [0.2, 0.25) is 5.82 Å². The molecule has 0 fully saturated rings. The van der Waals surface area contributed by atoms with E-state index in [0.29, 0.717) is 35.6 Å². The number of nitrogens with one attached hydrogen (secondary N) is 2. The number of fused-ring (bicyclic) bond motifs is 1. The van der Waals surface area contributed by atoms with Crippen LogP contribution >= 0.6 is 0 Å². The van der Waals surface area contributed by atoms with Crippen LogP contribution in [0.1, 0.15) is 32.2 Å². The SMILES string of the molecule is CC(C)(C)Cc1nc2[nH]c(=O)n(-c3ccccc3)c(=O)c2n1Cc1ccc(-c2ccccc2-c2nn[nH]n2)cc1. The van der Waals surface area contributed by atoms with Crippen molar-refractivity contribution in [3.8, 4) is 28.2 Å². The molecule has 0 aliphatic rings. The molecule has 10 heteroatoms. The summed E-state index contributed by atoms with van der Waals surface area (Å²) in [6.45, 7) is 6.79. The predicted octanol–water partition coefficient (Wildman–Crippen LogP) is 4.36. The van der Waals surface area contributed by atoms with E-state index in [2.05, 4.69) is 46.4 Å². The Morgan fingerprint density at radius 1 is 0.850 bits per heavy atom. The van der Waals surface area contributed by atoms with Crippen LogP contribution in [0.15, 0.2) is 88.5 Å². The second-order valence-electron chi connectivity index (χ2n) is 10.9. The molecule has 3 aromatic heterocycles. The molecule has 0 aliphatic carbocycles. The molecule has 40 heavy (non-hydrogen) atoms. The number of rotatable bonds is 6. The first-order valence-electron chi connectivity index (χ1n) is 13.0. The molecule has 6 aromatic rings. The largest absolute Gasteiger partial charge is 0.334 e. The van der Waals surface area contributed by atoms with Crippen LogP contribution in [-0.2, 0) is 13.0 Å². The molecule has 2 N–H and O–H groups in total. The Kier molecular flexibility index (Phi) is 6.22. The van der Waals surface area contributed by atoms with Crippen LogP contribution in [-0.4, -0.2) is 39.7 Å². The van der Waals surface area contributed by atoms with Crippen molar-refractivity contribution in [3.05, 3.63) is 111 Å². The molecule has 0 spiro atoms. The first-order valence-corrected chi connectivity index (χ1v) is 13.0. The third-order valence-corrected chi connectivity index (χ3v) is 6.70. The van der Waals surface area contributed by atoms with Gasteiger partial charge in [-0.05, 0) is 39.5 Å². The number of benzene rings is 3. The fourth-order valence-corrected chi connectivity index (χ4v) is 4.93. The number of hydrogen-bond donors (Lipinski definition) is 2. The molecular formula is C30H28N8O2. The lowest BCUT2D eigenvalue weighted by atomic mass is 9.92. The Hall–Kier alpha value is -5.12. The van der Waals surface area contributed by atoms with Crippen LogP contribution in [0.3, 0.4) is 0 Å². The summed E-state index contributed by atoms with van der Waals surface area (Å²) in [6, 6.07) is 25.0. The molecule has 0 atom stereocenters. The van der Waals surface area contributed by atoms with Gasteiger partial charge in [0.05, 0.1) is 5.69 Å². The molecule has 0 amide bonds. The lowest BCUT2D eigenvalue weighted by Gasteiger charge is -2.19. The minimum Gasteiger partial charge on any atom is -0.318 e. The maximum atomic E-state index is 13.8. The molecule has 0 saturated carbocycles. The quantitative estimate of drug-likeness (QED) is 0.328. The molecule has 3 heterocycles. The topological polar surface area (TPSA) is 127 Å². The monoisotopic (exact) mass is 532 g/mol. The van der Waals surface area contributed by atoms with Gasteiger partial charge in [-0.25, -0.2) is 14.3 Å². The fourth-order valence-electron chi connectivity index (χ4n) is 4.93. The number of H-pyrrole nitrogens is 2. The van der Waals surface area contributed by atoms with E-state index >= 15 is 0 Å². The summed E-state index contributed by atoms with van der Waals surface area (Å²) in [5, 5.41) is 14.5. The van der Waals surface area contributed by atoms with E-state index < -0.39 is 11.2 Å². The molecule has 0 saturated heterocycles. The first kappa shape index (κ1) is 25.2. The van der Waals surface area contributed by atoms with Gasteiger partial charge < -0.3 is 4.57 Å². The Morgan fingerprint density at radius 3 is 2.23 bits per heavy atom. The number of aromatic nitrogens is 8. The van der Waals surface area contributed by atoms with Crippen LogP contribution in [0, 0.1) is 5.41 Å². The number of aromatic amines is 2. The van der Waals surface area contributed by atoms with Gasteiger partial charge in [0.1, 0.15) is 5.82 Å². The summed E-state index contributed by atoms with van der Waals surface area (Å²) in [6.07, 6.45) is 0.630. The van der Waals surface area contributed by atoms with Crippen molar-refractivity contribution >= 4 is 11.2 Å². The van der Waals surface area contributed by atoms with Crippen molar-refractivity contribution in [2.45, 2.75) is 33.7 Å². The zero-order valence-corrected chi connectivity index (χ0v) is 22.4. The number of imidazole rings is 1. The lowest BCUT2D eigenvalue weighted by molar-refractivity contribution is 0.394. The highest BCUT2D eigenvalue weighted by molar-refractivity contribution is 5.80. The van der Waals surface area contributed by atoms with E-state index in [1.54, 1.807) is 24.3 Å². The van der Waals surface area contributed by atoms with E-state index in [9.17, 15) is 9.59 Å². The predicted molar refractivity (Wildman–Crippen MR) is 153 cm³/mol. The number of tetrazole rings is 1. The van der Waals surface area contributed by atoms with Gasteiger partial charge in [-0.1, -0.05) is 87.5 Å². The third kappa shape index (κ3) is 4.75. The molecule has 0 aliphatic heterocycles. The summed E-state index contributed by atoms with van der Waals surface area (Å²) >= 11 is 0. The van der Waals surface area contributed by atoms with Gasteiger partial charge in [0.15, 0.2) is 11.2 Å². The minimum atomic E-state index is -0.514. The van der Waals surface area contributed by atoms with E-state index in [0.717, 1.165) is 28.1 Å². The van der Waals surface area contributed by atoms with Crippen molar-refractivity contribution in [3.63, 3.8) is 0 Å². The second-order valence-corrected chi connectivity index (χ2v) is 10.9. The number of para-hydroxylation sites is 1. The van der Waals surface area contributed by atoms with Crippen LogP contribution in [0.5, 0.6) is 0 Å². The lowest BCUT2D eigenvalue weighted by Crippen LogP contribution is -2.34. The number of hydrogen-bond acceptors (Lipinski definition) is 6. The van der Waals surface area contributed by atoms with Crippen molar-refractivity contribution in [1.29, 1.82) is 0 Å². The highest BCUT2D eigenvalue weighted by Crippen LogP contribution is 2.30. The average Bonchev–Trinajstić information content (AvgIpc) is 3.58. The summed E-state index contributed by atoms with van der Waals surface area (Å²) in [5.74, 6) is 1.27. The van der Waals surface area contributed by atoms with Crippen LogP contribution in [0.4, 0.5) is 0 Å². The highest BCUT2D eigenvalue weighted by atomic mass is 16.2. The van der Waals surface area contributed by atoms with Crippen molar-refractivity contribution < 1.29 is 0 Å². The smallest absolute Gasteiger partial charge is 0.318 e. The Morgan fingerprint density at radius 2 is 1.55 bits per heavy atom. The normalized spacial score (nSPS) is 11.8. The van der Waals surface area contributed by atoms with Gasteiger partial charge in [-0.3, -0.25) is 9.78 Å². The number of nitrogens with zero attached hydrogens (tertiary/aromatic N) is 6. The highest BCUT2D eigenvalue weighted by Gasteiger charge is 2.22. The summed E-state index contributed by atoms with van der Waals surface area (Å²) in [7, 11) is 0. The summed E-state index contributed by atoms with van der Waals surface area (Å²) in [5.41, 5.74) is 4.04. The van der Waals surface area contributed by atoms with E-state index in [1.807, 2.05) is 59.2 Å². The molecule has 3 aromatic carbocycles. The maximum Gasteiger partial charge on any atom is 0.334 e. The molecular weight excluding hydrogens is 504 g/mol. The van der Waals surface area contributed by atoms with Crippen molar-refractivity contribution in [1.82, 2.24) is 39.7 Å². The van der Waals surface area contributed by atoms with Crippen LogP contribution < -0.4 is 11.2 Å². The Labute approximate surface area is 229 Å². The molecule has 200 valence electrons. The molecule has 10 nitrogen and oxygen atoms in total. The van der Waals surface area contributed by atoms with Gasteiger partial charge in [0, 0.05) is 18.5 Å². The average molecular weight is 533 g/mol. The van der Waals surface area contributed by atoms with Crippen LogP contribution in [0.2, 0.25) is 0 Å². The van der Waals surface area contributed by atoms with Gasteiger partial charge in [-0.2, -0.15) is 5.21 Å². The van der Waals surface area contributed by atoms with Gasteiger partial charge in [-0.15, -0.1) is 10.2 Å². The molecule has 6 rings (SSSR count). The van der Waals surface area contributed by atoms with Crippen molar-refractivity contribution in [2.24, 2.45) is 5.41 Å². The van der Waals surface area contributed by atoms with Crippen LogP contribution in [0.25, 0.3) is 39.4 Å². The fraction of sp³-hybridized carbons (Fsp3) is 0.200. The zero-order chi connectivity index (χ0) is 27.9. The van der Waals surface area contributed by atoms with Gasteiger partial charge in [0.25, 0.3) is 5.56 Å².